The van der Waals surface area contributed by atoms with Crippen LogP contribution in [0.3, 0.4) is 0 Å². The molecule has 2 aromatic heterocycles. The molecule has 3 heterocycles. The Labute approximate surface area is 208 Å². The van der Waals surface area contributed by atoms with Crippen molar-refractivity contribution in [2.24, 2.45) is 0 Å². The highest BCUT2D eigenvalue weighted by atomic mass is 35.5. The number of para-hydroxylation sites is 1. The zero-order chi connectivity index (χ0) is 24.5. The van der Waals surface area contributed by atoms with Crippen molar-refractivity contribution in [2.45, 2.75) is 38.5 Å². The van der Waals surface area contributed by atoms with Crippen LogP contribution in [0.15, 0.2) is 54.9 Å². The molecule has 0 bridgehead atoms. The Morgan fingerprint density at radius 3 is 2.71 bits per heavy atom. The van der Waals surface area contributed by atoms with Crippen molar-refractivity contribution in [3.63, 3.8) is 0 Å². The van der Waals surface area contributed by atoms with Crippen molar-refractivity contribution in [3.8, 4) is 17.2 Å². The number of aromatic nitrogens is 4. The summed E-state index contributed by atoms with van der Waals surface area (Å²) in [5.74, 6) is 0.665. The number of aryl methyl sites for hydroxylation is 2. The van der Waals surface area contributed by atoms with Crippen LogP contribution in [0, 0.1) is 5.82 Å². The van der Waals surface area contributed by atoms with Gasteiger partial charge in [0.1, 0.15) is 18.0 Å². The zero-order valence-electron chi connectivity index (χ0n) is 19.7. The smallest absolute Gasteiger partial charge is 0.166 e. The van der Waals surface area contributed by atoms with Gasteiger partial charge in [-0.2, -0.15) is 0 Å². The number of rotatable bonds is 7. The number of ether oxygens (including phenoxy) is 3. The fourth-order valence-corrected chi connectivity index (χ4v) is 4.86. The number of benzene rings is 2. The molecule has 35 heavy (non-hydrogen) atoms. The fourth-order valence-electron chi connectivity index (χ4n) is 4.64. The van der Waals surface area contributed by atoms with Crippen molar-refractivity contribution in [1.29, 1.82) is 0 Å². The molecule has 1 aliphatic rings. The minimum absolute atomic E-state index is 0.290. The molecule has 2 aromatic carbocycles. The van der Waals surface area contributed by atoms with Crippen molar-refractivity contribution in [2.75, 3.05) is 14.2 Å². The minimum Gasteiger partial charge on any atom is -0.493 e. The summed E-state index contributed by atoms with van der Waals surface area (Å²) in [6.45, 7) is 2.63. The molecule has 9 heteroatoms. The van der Waals surface area contributed by atoms with Crippen LogP contribution in [0.4, 0.5) is 4.39 Å². The molecular weight excluding hydrogens is 471 g/mol. The SMILES string of the molecule is CCc1cn(CC[C@H]2O[C@H](c3cccc(OC)c3OC)c3cc(Cl)cc(F)c3-n3cccc32)nn1. The molecule has 5 rings (SSSR count). The first-order chi connectivity index (χ1) is 17.0. The van der Waals surface area contributed by atoms with Gasteiger partial charge in [0.05, 0.1) is 31.3 Å². The first kappa shape index (κ1) is 23.4. The van der Waals surface area contributed by atoms with Crippen molar-refractivity contribution in [1.82, 2.24) is 19.6 Å². The summed E-state index contributed by atoms with van der Waals surface area (Å²) < 4.78 is 37.1. The molecule has 0 saturated heterocycles. The third kappa shape index (κ3) is 4.28. The highest BCUT2D eigenvalue weighted by Gasteiger charge is 2.34. The van der Waals surface area contributed by atoms with Crippen molar-refractivity contribution in [3.05, 3.63) is 88.2 Å². The van der Waals surface area contributed by atoms with E-state index in [1.807, 2.05) is 58.9 Å². The first-order valence-corrected chi connectivity index (χ1v) is 11.8. The number of fused-ring (bicyclic) bond motifs is 3. The van der Waals surface area contributed by atoms with Crippen LogP contribution in [0.5, 0.6) is 11.5 Å². The molecule has 2 atom stereocenters. The lowest BCUT2D eigenvalue weighted by Gasteiger charge is -2.25. The lowest BCUT2D eigenvalue weighted by atomic mass is 9.98. The normalized spacial score (nSPS) is 16.9. The van der Waals surface area contributed by atoms with Gasteiger partial charge in [-0.25, -0.2) is 4.39 Å². The van der Waals surface area contributed by atoms with Gasteiger partial charge in [-0.15, -0.1) is 5.10 Å². The summed E-state index contributed by atoms with van der Waals surface area (Å²) in [6, 6.07) is 12.5. The molecule has 0 unspecified atom stereocenters. The molecule has 0 aliphatic carbocycles. The Bertz CT molecular complexity index is 1350. The van der Waals surface area contributed by atoms with Crippen LogP contribution < -0.4 is 9.47 Å². The number of hydrogen-bond donors (Lipinski definition) is 0. The molecule has 0 saturated carbocycles. The van der Waals surface area contributed by atoms with Crippen LogP contribution in [0.2, 0.25) is 5.02 Å². The second-order valence-electron chi connectivity index (χ2n) is 8.33. The Balaban J connectivity index is 1.63. The van der Waals surface area contributed by atoms with Gasteiger partial charge >= 0.3 is 0 Å². The van der Waals surface area contributed by atoms with E-state index in [0.717, 1.165) is 23.4 Å². The third-order valence-corrected chi connectivity index (χ3v) is 6.49. The predicted molar refractivity (Wildman–Crippen MR) is 130 cm³/mol. The third-order valence-electron chi connectivity index (χ3n) is 6.28. The van der Waals surface area contributed by atoms with Crippen LogP contribution in [-0.2, 0) is 17.7 Å². The summed E-state index contributed by atoms with van der Waals surface area (Å²) in [6.07, 6.45) is 4.17. The molecule has 0 spiro atoms. The number of hydrogen-bond acceptors (Lipinski definition) is 5. The summed E-state index contributed by atoms with van der Waals surface area (Å²) >= 11 is 6.34. The first-order valence-electron chi connectivity index (χ1n) is 11.5. The lowest BCUT2D eigenvalue weighted by Crippen LogP contribution is -2.14. The van der Waals surface area contributed by atoms with Gasteiger partial charge in [0, 0.05) is 35.1 Å². The van der Waals surface area contributed by atoms with E-state index in [1.54, 1.807) is 20.3 Å². The van der Waals surface area contributed by atoms with E-state index in [2.05, 4.69) is 10.3 Å². The second-order valence-corrected chi connectivity index (χ2v) is 8.77. The van der Waals surface area contributed by atoms with Crippen molar-refractivity contribution < 1.29 is 18.6 Å². The quantitative estimate of drug-likeness (QED) is 0.329. The van der Waals surface area contributed by atoms with E-state index in [0.29, 0.717) is 40.7 Å². The van der Waals surface area contributed by atoms with E-state index >= 15 is 4.39 Å². The van der Waals surface area contributed by atoms with Gasteiger partial charge in [0.15, 0.2) is 11.5 Å². The van der Waals surface area contributed by atoms with Gasteiger partial charge < -0.3 is 18.8 Å². The zero-order valence-corrected chi connectivity index (χ0v) is 20.5. The average Bonchev–Trinajstić information content (AvgIpc) is 3.50. The van der Waals surface area contributed by atoms with E-state index in [4.69, 9.17) is 25.8 Å². The topological polar surface area (TPSA) is 63.3 Å². The van der Waals surface area contributed by atoms with E-state index in [9.17, 15) is 0 Å². The molecule has 182 valence electrons. The van der Waals surface area contributed by atoms with Crippen LogP contribution in [0.1, 0.15) is 48.1 Å². The maximum absolute atomic E-state index is 15.5. The maximum Gasteiger partial charge on any atom is 0.166 e. The van der Waals surface area contributed by atoms with Gasteiger partial charge in [0.25, 0.3) is 0 Å². The molecule has 0 amide bonds. The molecule has 0 N–H and O–H groups in total. The average molecular weight is 497 g/mol. The van der Waals surface area contributed by atoms with Crippen LogP contribution in [0.25, 0.3) is 5.69 Å². The maximum atomic E-state index is 15.5. The largest absolute Gasteiger partial charge is 0.493 e. The van der Waals surface area contributed by atoms with Gasteiger partial charge in [-0.3, -0.25) is 4.68 Å². The molecule has 7 nitrogen and oxygen atoms in total. The minimum atomic E-state index is -0.657. The van der Waals surface area contributed by atoms with E-state index in [-0.39, 0.29) is 6.10 Å². The highest BCUT2D eigenvalue weighted by molar-refractivity contribution is 6.30. The van der Waals surface area contributed by atoms with Crippen LogP contribution >= 0.6 is 11.6 Å². The van der Waals surface area contributed by atoms with E-state index in [1.165, 1.54) is 6.07 Å². The molecular formula is C26H26ClFN4O3. The van der Waals surface area contributed by atoms with E-state index < -0.39 is 11.9 Å². The standard InChI is InChI=1S/C26H26ClFN4O3/c1-4-17-15-31(30-29-17)12-10-22-21-8-6-11-32(21)24-19(13-16(27)14-20(24)28)25(35-22)18-7-5-9-23(33-2)26(18)34-3/h5-9,11,13-15,22,25H,4,10,12H2,1-3H3/t22-,25-/m1/s1. The number of halogens is 2. The fraction of sp³-hybridized carbons (Fsp3) is 0.308. The molecule has 1 aliphatic heterocycles. The van der Waals surface area contributed by atoms with Gasteiger partial charge in [0.2, 0.25) is 0 Å². The summed E-state index contributed by atoms with van der Waals surface area (Å²) in [7, 11) is 3.16. The van der Waals surface area contributed by atoms with Crippen molar-refractivity contribution >= 4 is 11.6 Å². The molecule has 0 radical (unpaired) electrons. The molecule has 4 aromatic rings. The Morgan fingerprint density at radius 2 is 1.97 bits per heavy atom. The Morgan fingerprint density at radius 1 is 1.11 bits per heavy atom. The Kier molecular flexibility index (Phi) is 6.49. The second kappa shape index (κ2) is 9.71. The monoisotopic (exact) mass is 496 g/mol. The van der Waals surface area contributed by atoms with Crippen LogP contribution in [-0.4, -0.2) is 33.8 Å². The van der Waals surface area contributed by atoms with Gasteiger partial charge in [-0.05, 0) is 43.2 Å². The Hall–Kier alpha value is -3.36. The highest BCUT2D eigenvalue weighted by Crippen LogP contribution is 2.47. The predicted octanol–water partition coefficient (Wildman–Crippen LogP) is 5.69. The summed E-state index contributed by atoms with van der Waals surface area (Å²) in [4.78, 5) is 0. The number of methoxy groups -OCH3 is 2. The van der Waals surface area contributed by atoms with Gasteiger partial charge in [-0.1, -0.05) is 35.9 Å². The summed E-state index contributed by atoms with van der Waals surface area (Å²) in [5.41, 5.74) is 3.50. The lowest BCUT2D eigenvalue weighted by molar-refractivity contribution is -0.00176. The molecule has 0 fully saturated rings. The summed E-state index contributed by atoms with van der Waals surface area (Å²) in [5, 5.41) is 8.69. The number of nitrogens with zero attached hydrogens (tertiary/aromatic N) is 4.